The molecular weight excluding hydrogens is 194 g/mol. The Labute approximate surface area is 98.3 Å². The van der Waals surface area contributed by atoms with E-state index in [0.29, 0.717) is 6.04 Å². The van der Waals surface area contributed by atoms with Crippen molar-refractivity contribution >= 4 is 0 Å². The molecule has 1 aliphatic carbocycles. The fourth-order valence-corrected chi connectivity index (χ4v) is 3.18. The molecule has 1 heteroatoms. The van der Waals surface area contributed by atoms with Gasteiger partial charge in [-0.1, -0.05) is 31.2 Å². The lowest BCUT2D eigenvalue weighted by Crippen LogP contribution is -2.25. The Kier molecular flexibility index (Phi) is 2.72. The van der Waals surface area contributed by atoms with Crippen LogP contribution in [0.5, 0.6) is 0 Å². The van der Waals surface area contributed by atoms with Gasteiger partial charge in [0.1, 0.15) is 0 Å². The predicted molar refractivity (Wildman–Crippen MR) is 67.9 cm³/mol. The minimum Gasteiger partial charge on any atom is -0.313 e. The molecule has 2 aliphatic rings. The number of benzene rings is 1. The van der Waals surface area contributed by atoms with E-state index in [2.05, 4.69) is 36.5 Å². The van der Waals surface area contributed by atoms with Crippen molar-refractivity contribution in [1.29, 1.82) is 0 Å². The maximum atomic E-state index is 3.64. The van der Waals surface area contributed by atoms with E-state index < -0.39 is 0 Å². The van der Waals surface area contributed by atoms with Crippen LogP contribution in [-0.2, 0) is 0 Å². The van der Waals surface area contributed by atoms with Crippen LogP contribution in [0.1, 0.15) is 55.6 Å². The van der Waals surface area contributed by atoms with Crippen molar-refractivity contribution in [2.75, 3.05) is 6.54 Å². The summed E-state index contributed by atoms with van der Waals surface area (Å²) in [6, 6.07) is 9.86. The van der Waals surface area contributed by atoms with Crippen molar-refractivity contribution in [3.05, 3.63) is 35.4 Å². The summed E-state index contributed by atoms with van der Waals surface area (Å²) in [6.07, 6.45) is 5.40. The van der Waals surface area contributed by atoms with Crippen molar-refractivity contribution < 1.29 is 0 Å². The van der Waals surface area contributed by atoms with E-state index in [4.69, 9.17) is 0 Å². The summed E-state index contributed by atoms with van der Waals surface area (Å²) in [6.45, 7) is 3.50. The zero-order valence-electron chi connectivity index (χ0n) is 10.1. The first-order chi connectivity index (χ1) is 7.90. The highest BCUT2D eigenvalue weighted by Crippen LogP contribution is 2.45. The van der Waals surface area contributed by atoms with Crippen molar-refractivity contribution in [1.82, 2.24) is 5.32 Å². The molecule has 1 heterocycles. The Morgan fingerprint density at radius 2 is 1.88 bits per heavy atom. The molecule has 1 saturated carbocycles. The van der Waals surface area contributed by atoms with E-state index in [-0.39, 0.29) is 0 Å². The van der Waals surface area contributed by atoms with Gasteiger partial charge < -0.3 is 5.32 Å². The second-order valence-electron chi connectivity index (χ2n) is 5.27. The maximum Gasteiger partial charge on any atom is 0.0134 e. The van der Waals surface area contributed by atoms with Crippen LogP contribution in [0.4, 0.5) is 0 Å². The molecule has 2 unspecified atom stereocenters. The number of hydrogen-bond acceptors (Lipinski definition) is 1. The summed E-state index contributed by atoms with van der Waals surface area (Å²) in [5.74, 6) is 1.65. The van der Waals surface area contributed by atoms with Crippen LogP contribution >= 0.6 is 0 Å². The summed E-state index contributed by atoms with van der Waals surface area (Å²) < 4.78 is 0. The van der Waals surface area contributed by atoms with Gasteiger partial charge in [0, 0.05) is 12.0 Å². The van der Waals surface area contributed by atoms with E-state index in [1.165, 1.54) is 32.2 Å². The van der Waals surface area contributed by atoms with Gasteiger partial charge in [0.05, 0.1) is 0 Å². The summed E-state index contributed by atoms with van der Waals surface area (Å²) in [5, 5.41) is 3.64. The Hall–Kier alpha value is -0.820. The molecule has 86 valence electrons. The normalized spacial score (nSPS) is 29.6. The molecule has 0 amide bonds. The number of rotatable bonds is 3. The SMILES string of the molecule is CCC1NCCC1c1ccccc1C1CC1. The van der Waals surface area contributed by atoms with E-state index in [0.717, 1.165) is 11.8 Å². The average Bonchev–Trinajstić information content (AvgIpc) is 3.07. The second kappa shape index (κ2) is 4.21. The third kappa shape index (κ3) is 1.78. The molecule has 1 aromatic carbocycles. The molecular formula is C15H21N. The van der Waals surface area contributed by atoms with Gasteiger partial charge in [-0.3, -0.25) is 0 Å². The van der Waals surface area contributed by atoms with Crippen molar-refractivity contribution in [3.63, 3.8) is 0 Å². The minimum absolute atomic E-state index is 0.708. The fraction of sp³-hybridized carbons (Fsp3) is 0.600. The molecule has 1 N–H and O–H groups in total. The predicted octanol–water partition coefficient (Wildman–Crippen LogP) is 3.42. The Morgan fingerprint density at radius 3 is 2.56 bits per heavy atom. The molecule has 3 rings (SSSR count). The van der Waals surface area contributed by atoms with Gasteiger partial charge in [0.15, 0.2) is 0 Å². The van der Waals surface area contributed by atoms with Gasteiger partial charge in [0.25, 0.3) is 0 Å². The van der Waals surface area contributed by atoms with Crippen LogP contribution in [0.25, 0.3) is 0 Å². The summed E-state index contributed by atoms with van der Waals surface area (Å²) in [4.78, 5) is 0. The highest BCUT2D eigenvalue weighted by atomic mass is 14.9. The number of nitrogens with one attached hydrogen (secondary N) is 1. The van der Waals surface area contributed by atoms with Crippen LogP contribution in [0.15, 0.2) is 24.3 Å². The Morgan fingerprint density at radius 1 is 1.12 bits per heavy atom. The van der Waals surface area contributed by atoms with Crippen LogP contribution in [0, 0.1) is 0 Å². The first-order valence-corrected chi connectivity index (χ1v) is 6.72. The quantitative estimate of drug-likeness (QED) is 0.814. The van der Waals surface area contributed by atoms with Crippen molar-refractivity contribution in [2.45, 2.75) is 50.5 Å². The Balaban J connectivity index is 1.92. The van der Waals surface area contributed by atoms with Crippen molar-refractivity contribution in [2.24, 2.45) is 0 Å². The van der Waals surface area contributed by atoms with Gasteiger partial charge in [-0.05, 0) is 49.3 Å². The standard InChI is InChI=1S/C15H21N/c1-2-15-14(9-10-16-15)13-6-4-3-5-12(13)11-7-8-11/h3-6,11,14-16H,2,7-10H2,1H3. The van der Waals surface area contributed by atoms with Gasteiger partial charge in [-0.2, -0.15) is 0 Å². The first kappa shape index (κ1) is 10.3. The highest BCUT2D eigenvalue weighted by Gasteiger charge is 2.32. The van der Waals surface area contributed by atoms with Crippen LogP contribution in [-0.4, -0.2) is 12.6 Å². The average molecular weight is 215 g/mol. The molecule has 1 nitrogen and oxygen atoms in total. The molecule has 0 radical (unpaired) electrons. The van der Waals surface area contributed by atoms with Crippen LogP contribution in [0.3, 0.4) is 0 Å². The molecule has 1 aliphatic heterocycles. The monoisotopic (exact) mass is 215 g/mol. The highest BCUT2D eigenvalue weighted by molar-refractivity contribution is 5.37. The topological polar surface area (TPSA) is 12.0 Å². The molecule has 0 spiro atoms. The fourth-order valence-electron chi connectivity index (χ4n) is 3.18. The summed E-state index contributed by atoms with van der Waals surface area (Å²) in [5.41, 5.74) is 3.29. The summed E-state index contributed by atoms with van der Waals surface area (Å²) in [7, 11) is 0. The zero-order valence-corrected chi connectivity index (χ0v) is 10.1. The number of hydrogen-bond donors (Lipinski definition) is 1. The molecule has 1 aromatic rings. The molecule has 1 saturated heterocycles. The van der Waals surface area contributed by atoms with E-state index in [9.17, 15) is 0 Å². The maximum absolute atomic E-state index is 3.64. The smallest absolute Gasteiger partial charge is 0.0134 e. The van der Waals surface area contributed by atoms with Gasteiger partial charge in [0.2, 0.25) is 0 Å². The molecule has 16 heavy (non-hydrogen) atoms. The lowest BCUT2D eigenvalue weighted by atomic mass is 9.86. The third-order valence-corrected chi connectivity index (χ3v) is 4.20. The lowest BCUT2D eigenvalue weighted by Gasteiger charge is -2.21. The molecule has 0 bridgehead atoms. The van der Waals surface area contributed by atoms with Crippen LogP contribution in [0.2, 0.25) is 0 Å². The van der Waals surface area contributed by atoms with Crippen LogP contribution < -0.4 is 5.32 Å². The molecule has 2 atom stereocenters. The Bertz CT molecular complexity index is 367. The molecule has 2 fully saturated rings. The lowest BCUT2D eigenvalue weighted by molar-refractivity contribution is 0.529. The molecule has 0 aromatic heterocycles. The summed E-state index contributed by atoms with van der Waals surface area (Å²) >= 11 is 0. The minimum atomic E-state index is 0.708. The van der Waals surface area contributed by atoms with Gasteiger partial charge in [-0.25, -0.2) is 0 Å². The van der Waals surface area contributed by atoms with Gasteiger partial charge in [-0.15, -0.1) is 0 Å². The third-order valence-electron chi connectivity index (χ3n) is 4.20. The second-order valence-corrected chi connectivity index (χ2v) is 5.27. The largest absolute Gasteiger partial charge is 0.313 e. The van der Waals surface area contributed by atoms with E-state index in [1.807, 2.05) is 0 Å². The van der Waals surface area contributed by atoms with E-state index >= 15 is 0 Å². The zero-order chi connectivity index (χ0) is 11.0. The van der Waals surface area contributed by atoms with E-state index in [1.54, 1.807) is 11.1 Å². The van der Waals surface area contributed by atoms with Gasteiger partial charge >= 0.3 is 0 Å². The van der Waals surface area contributed by atoms with Crippen molar-refractivity contribution in [3.8, 4) is 0 Å². The first-order valence-electron chi connectivity index (χ1n) is 6.72.